The summed E-state index contributed by atoms with van der Waals surface area (Å²) < 4.78 is 5.70. The molecule has 0 radical (unpaired) electrons. The molecule has 290 valence electrons. The van der Waals surface area contributed by atoms with E-state index in [0.717, 1.165) is 21.7 Å². The van der Waals surface area contributed by atoms with Gasteiger partial charge in [-0.1, -0.05) is 102 Å². The van der Waals surface area contributed by atoms with Crippen LogP contribution in [0.5, 0.6) is 5.75 Å². The molecule has 58 heavy (non-hydrogen) atoms. The van der Waals surface area contributed by atoms with Gasteiger partial charge >= 0.3 is 0 Å². The summed E-state index contributed by atoms with van der Waals surface area (Å²) in [6.45, 7) is 1.92. The van der Waals surface area contributed by atoms with Crippen LogP contribution >= 0.6 is 0 Å². The van der Waals surface area contributed by atoms with Gasteiger partial charge in [-0.15, -0.1) is 0 Å². The summed E-state index contributed by atoms with van der Waals surface area (Å²) in [5.41, 5.74) is 6.96. The van der Waals surface area contributed by atoms with Crippen molar-refractivity contribution < 1.29 is 33.8 Å². The number of ketones is 1. The summed E-state index contributed by atoms with van der Waals surface area (Å²) in [6, 6.07) is 39.6. The molecule has 6 atom stereocenters. The lowest BCUT2D eigenvalue weighted by Crippen LogP contribution is -2.53. The number of anilines is 2. The number of allylic oxidation sites excluding steroid dienone is 2. The van der Waals surface area contributed by atoms with Crippen molar-refractivity contribution in [2.75, 3.05) is 23.5 Å². The second-order valence-corrected chi connectivity index (χ2v) is 15.5. The van der Waals surface area contributed by atoms with Crippen molar-refractivity contribution >= 4 is 40.8 Å². The van der Waals surface area contributed by atoms with Gasteiger partial charge in [-0.25, -0.2) is 0 Å². The van der Waals surface area contributed by atoms with Crippen LogP contribution in [-0.2, 0) is 24.6 Å². The van der Waals surface area contributed by atoms with Crippen LogP contribution in [0.3, 0.4) is 0 Å². The zero-order valence-corrected chi connectivity index (χ0v) is 31.8. The third-order valence-corrected chi connectivity index (χ3v) is 12.4. The minimum Gasteiger partial charge on any atom is -0.491 e. The first-order chi connectivity index (χ1) is 28.2. The number of ether oxygens (including phenoxy) is 1. The maximum absolute atomic E-state index is 15.4. The molecule has 5 aromatic carbocycles. The number of hydrogen-bond acceptors (Lipinski definition) is 8. The van der Waals surface area contributed by atoms with E-state index in [0.29, 0.717) is 33.8 Å². The highest BCUT2D eigenvalue weighted by Crippen LogP contribution is 2.64. The van der Waals surface area contributed by atoms with E-state index in [1.807, 2.05) is 85.8 Å². The van der Waals surface area contributed by atoms with Crippen LogP contribution in [0.25, 0.3) is 0 Å². The van der Waals surface area contributed by atoms with Crippen molar-refractivity contribution in [2.45, 2.75) is 31.1 Å². The zero-order valence-electron chi connectivity index (χ0n) is 31.8. The van der Waals surface area contributed by atoms with Crippen LogP contribution in [0.15, 0.2) is 145 Å². The Bertz CT molecular complexity index is 2450. The molecule has 10 nitrogen and oxygen atoms in total. The molecule has 10 heteroatoms. The second kappa shape index (κ2) is 14.7. The number of nitrogens with one attached hydrogen (secondary N) is 1. The molecule has 1 saturated carbocycles. The van der Waals surface area contributed by atoms with Crippen LogP contribution in [0.1, 0.15) is 51.4 Å². The van der Waals surface area contributed by atoms with Gasteiger partial charge in [0.15, 0.2) is 5.78 Å². The van der Waals surface area contributed by atoms with E-state index in [1.54, 1.807) is 60.7 Å². The molecule has 2 heterocycles. The van der Waals surface area contributed by atoms with Crippen LogP contribution in [0, 0.1) is 30.6 Å². The molecule has 0 spiro atoms. The van der Waals surface area contributed by atoms with Gasteiger partial charge in [0.05, 0.1) is 41.2 Å². The molecule has 5 aromatic rings. The van der Waals surface area contributed by atoms with E-state index < -0.39 is 46.8 Å². The summed E-state index contributed by atoms with van der Waals surface area (Å²) in [7, 11) is 0. The number of aliphatic hydroxyl groups is 1. The van der Waals surface area contributed by atoms with Gasteiger partial charge in [-0.05, 0) is 85.3 Å². The number of aliphatic hydroxyl groups excluding tert-OH is 1. The van der Waals surface area contributed by atoms with Crippen LogP contribution < -0.4 is 15.1 Å². The Morgan fingerprint density at radius 2 is 1.41 bits per heavy atom. The minimum atomic E-state index is -1.40. The quantitative estimate of drug-likeness (QED) is 0.0902. The number of benzene rings is 5. The molecule has 4 amide bonds. The third-order valence-electron chi connectivity index (χ3n) is 12.4. The smallest absolute Gasteiger partial charge is 0.260 e. The summed E-state index contributed by atoms with van der Waals surface area (Å²) >= 11 is 0. The van der Waals surface area contributed by atoms with Crippen LogP contribution in [0.2, 0.25) is 0 Å². The molecule has 6 unspecified atom stereocenters. The van der Waals surface area contributed by atoms with Crippen molar-refractivity contribution in [3.63, 3.8) is 0 Å². The van der Waals surface area contributed by atoms with Gasteiger partial charge < -0.3 is 9.84 Å². The van der Waals surface area contributed by atoms with E-state index in [9.17, 15) is 24.3 Å². The highest BCUT2D eigenvalue weighted by atomic mass is 16.5. The van der Waals surface area contributed by atoms with Gasteiger partial charge in [-0.3, -0.25) is 34.3 Å². The Balaban J connectivity index is 1.14. The highest BCUT2D eigenvalue weighted by molar-refractivity contribution is 6.23. The minimum absolute atomic E-state index is 0.112. The Morgan fingerprint density at radius 3 is 2.09 bits per heavy atom. The number of rotatable bonds is 10. The molecule has 3 fully saturated rings. The number of fused-ring (bicyclic) bond motifs is 4. The zero-order chi connectivity index (χ0) is 40.1. The fourth-order valence-corrected chi connectivity index (χ4v) is 9.81. The first kappa shape index (κ1) is 37.0. The first-order valence-electron chi connectivity index (χ1n) is 19.6. The third kappa shape index (κ3) is 5.86. The number of nitrogens with zero attached hydrogens (tertiary/aromatic N) is 2. The molecule has 2 N–H and O–H groups in total. The Morgan fingerprint density at radius 1 is 0.759 bits per heavy atom. The van der Waals surface area contributed by atoms with Crippen LogP contribution in [0.4, 0.5) is 11.4 Å². The predicted molar refractivity (Wildman–Crippen MR) is 217 cm³/mol. The summed E-state index contributed by atoms with van der Waals surface area (Å²) in [4.78, 5) is 73.7. The largest absolute Gasteiger partial charge is 0.491 e. The molecule has 0 aromatic heterocycles. The van der Waals surface area contributed by atoms with Gasteiger partial charge in [0.2, 0.25) is 11.8 Å². The van der Waals surface area contributed by atoms with Gasteiger partial charge in [0.25, 0.3) is 11.8 Å². The molecule has 2 saturated heterocycles. The number of aryl methyl sites for hydroxylation is 1. The summed E-state index contributed by atoms with van der Waals surface area (Å²) in [5, 5.41) is 10.5. The number of hydrazine groups is 1. The maximum atomic E-state index is 15.4. The van der Waals surface area contributed by atoms with E-state index in [2.05, 4.69) is 5.43 Å². The number of carbonyl (C=O) groups excluding carboxylic acids is 5. The fourth-order valence-electron chi connectivity index (χ4n) is 9.81. The average Bonchev–Trinajstić information content (AvgIpc) is 3.64. The van der Waals surface area contributed by atoms with Crippen molar-refractivity contribution in [2.24, 2.45) is 23.7 Å². The Labute approximate surface area is 335 Å². The van der Waals surface area contributed by atoms with E-state index >= 15 is 4.79 Å². The molecule has 2 aliphatic carbocycles. The average molecular weight is 772 g/mol. The number of carbonyl (C=O) groups is 5. The fraction of sp³-hybridized carbons (Fsp3) is 0.229. The lowest BCUT2D eigenvalue weighted by molar-refractivity contribution is -0.138. The van der Waals surface area contributed by atoms with Crippen molar-refractivity contribution in [3.05, 3.63) is 173 Å². The first-order valence-corrected chi connectivity index (χ1v) is 19.6. The monoisotopic (exact) mass is 771 g/mol. The number of amides is 4. The van der Waals surface area contributed by atoms with Gasteiger partial charge in [0.1, 0.15) is 12.4 Å². The Hall–Kier alpha value is -6.65. The molecule has 4 aliphatic rings. The Kier molecular flexibility index (Phi) is 9.36. The SMILES string of the molecule is Cc1ccc(NN2C(=O)C3CC4C(=CCC5C(=O)N(c6ccc(C(=O)c7ccccc7)cc6)C(=O)C54)C(c4ccc(OCCO)cc4)C3(c3ccccc3)C2=O)cc1. The number of imide groups is 2. The molecule has 0 bridgehead atoms. The maximum Gasteiger partial charge on any atom is 0.260 e. The van der Waals surface area contributed by atoms with Crippen molar-refractivity contribution in [1.82, 2.24) is 5.01 Å². The van der Waals surface area contributed by atoms with Crippen LogP contribution in [-0.4, -0.2) is 52.7 Å². The van der Waals surface area contributed by atoms with E-state index in [1.165, 1.54) is 4.90 Å². The number of hydrogen-bond donors (Lipinski definition) is 2. The lowest BCUT2D eigenvalue weighted by Gasteiger charge is -2.50. The predicted octanol–water partition coefficient (Wildman–Crippen LogP) is 6.79. The second-order valence-electron chi connectivity index (χ2n) is 15.5. The molecule has 9 rings (SSSR count). The summed E-state index contributed by atoms with van der Waals surface area (Å²) in [5.74, 6) is -4.69. The van der Waals surface area contributed by atoms with Gasteiger partial charge in [0, 0.05) is 17.0 Å². The highest BCUT2D eigenvalue weighted by Gasteiger charge is 2.70. The van der Waals surface area contributed by atoms with E-state index in [-0.39, 0.29) is 43.7 Å². The lowest BCUT2D eigenvalue weighted by atomic mass is 9.49. The summed E-state index contributed by atoms with van der Waals surface area (Å²) in [6.07, 6.45) is 2.47. The van der Waals surface area contributed by atoms with Crippen molar-refractivity contribution in [1.29, 1.82) is 0 Å². The normalized spacial score (nSPS) is 24.9. The van der Waals surface area contributed by atoms with E-state index in [4.69, 9.17) is 4.74 Å². The molecular weight excluding hydrogens is 731 g/mol. The van der Waals surface area contributed by atoms with Crippen molar-refractivity contribution in [3.8, 4) is 5.75 Å². The van der Waals surface area contributed by atoms with Gasteiger partial charge in [-0.2, -0.15) is 5.01 Å². The standard InChI is InChI=1S/C48H41N3O7/c1-29-12-18-34(19-13-29)49-51-45(55)40-28-39-37(42(30-16-22-36(23-17-30)58-27-26-52)48(40,47(51)57)33-10-6-3-7-11-33)24-25-38-41(39)46(56)50(44(38)54)35-20-14-32(15-21-35)43(53)31-8-4-2-5-9-31/h2-24,38-42,49,52H,25-28H2,1H3. The topological polar surface area (TPSA) is 133 Å². The molecule has 2 aliphatic heterocycles. The molecular formula is C48H41N3O7.